The Balaban J connectivity index is 1.78. The minimum Gasteiger partial charge on any atom is -0.491 e. The van der Waals surface area contributed by atoms with Crippen molar-refractivity contribution in [3.63, 3.8) is 0 Å². The van der Waals surface area contributed by atoms with Crippen molar-refractivity contribution in [2.24, 2.45) is 0 Å². The van der Waals surface area contributed by atoms with Gasteiger partial charge in [-0.2, -0.15) is 0 Å². The molecule has 0 radical (unpaired) electrons. The van der Waals surface area contributed by atoms with E-state index in [4.69, 9.17) is 4.74 Å². The Labute approximate surface area is 148 Å². The fraction of sp³-hybridized carbons (Fsp3) is 0.300. The number of amides is 2. The van der Waals surface area contributed by atoms with Crippen molar-refractivity contribution in [2.75, 3.05) is 0 Å². The zero-order valence-corrected chi connectivity index (χ0v) is 14.8. The lowest BCUT2D eigenvalue weighted by molar-refractivity contribution is -0.139. The van der Waals surface area contributed by atoms with Crippen molar-refractivity contribution < 1.29 is 14.3 Å². The predicted molar refractivity (Wildman–Crippen MR) is 97.1 cm³/mol. The van der Waals surface area contributed by atoms with Gasteiger partial charge >= 0.3 is 11.8 Å². The van der Waals surface area contributed by atoms with Crippen LogP contribution in [0.3, 0.4) is 0 Å². The van der Waals surface area contributed by atoms with Gasteiger partial charge in [-0.3, -0.25) is 9.59 Å². The minimum absolute atomic E-state index is 0.114. The van der Waals surface area contributed by atoms with Crippen molar-refractivity contribution in [1.29, 1.82) is 0 Å². The number of nitrogens with one attached hydrogen (secondary N) is 2. The van der Waals surface area contributed by atoms with Gasteiger partial charge in [0.1, 0.15) is 5.75 Å². The Kier molecular flexibility index (Phi) is 6.57. The molecule has 2 N–H and O–H groups in total. The average Bonchev–Trinajstić information content (AvgIpc) is 2.58. The van der Waals surface area contributed by atoms with Crippen molar-refractivity contribution in [2.45, 2.75) is 40.0 Å². The monoisotopic (exact) mass is 340 g/mol. The van der Waals surface area contributed by atoms with E-state index in [1.807, 2.05) is 69.3 Å². The van der Waals surface area contributed by atoms with E-state index in [-0.39, 0.29) is 6.10 Å². The number of rotatable bonds is 6. The fourth-order valence-corrected chi connectivity index (χ4v) is 2.31. The Morgan fingerprint density at radius 1 is 0.920 bits per heavy atom. The molecule has 0 fully saturated rings. The number of carbonyl (C=O) groups excluding carboxylic acids is 2. The summed E-state index contributed by atoms with van der Waals surface area (Å²) in [6.07, 6.45) is 0.114. The maximum atomic E-state index is 11.9. The van der Waals surface area contributed by atoms with Gasteiger partial charge in [0.2, 0.25) is 0 Å². The summed E-state index contributed by atoms with van der Waals surface area (Å²) in [7, 11) is 0. The predicted octanol–water partition coefficient (Wildman–Crippen LogP) is 2.71. The van der Waals surface area contributed by atoms with Gasteiger partial charge in [0.15, 0.2) is 0 Å². The molecule has 0 heterocycles. The van der Waals surface area contributed by atoms with E-state index in [9.17, 15) is 9.59 Å². The third-order valence-corrected chi connectivity index (χ3v) is 3.49. The number of aryl methyl sites for hydroxylation is 1. The second-order valence-electron chi connectivity index (χ2n) is 6.16. The Morgan fingerprint density at radius 2 is 1.52 bits per heavy atom. The SMILES string of the molecule is Cc1cccc(CNC(=O)C(=O)NCc2ccc(OC(C)C)cc2)c1. The van der Waals surface area contributed by atoms with Gasteiger partial charge in [-0.25, -0.2) is 0 Å². The molecule has 25 heavy (non-hydrogen) atoms. The first-order valence-corrected chi connectivity index (χ1v) is 8.31. The zero-order valence-electron chi connectivity index (χ0n) is 14.8. The van der Waals surface area contributed by atoms with E-state index < -0.39 is 11.8 Å². The van der Waals surface area contributed by atoms with Gasteiger partial charge in [-0.15, -0.1) is 0 Å². The Hall–Kier alpha value is -2.82. The first-order valence-electron chi connectivity index (χ1n) is 8.31. The fourth-order valence-electron chi connectivity index (χ4n) is 2.31. The third kappa shape index (κ3) is 6.30. The highest BCUT2D eigenvalue weighted by atomic mass is 16.5. The zero-order chi connectivity index (χ0) is 18.2. The van der Waals surface area contributed by atoms with Crippen LogP contribution in [0, 0.1) is 6.92 Å². The molecule has 0 aliphatic heterocycles. The molecule has 2 aromatic carbocycles. The number of ether oxygens (including phenoxy) is 1. The summed E-state index contributed by atoms with van der Waals surface area (Å²) in [5.74, 6) is -0.502. The summed E-state index contributed by atoms with van der Waals surface area (Å²) in [5.41, 5.74) is 2.97. The number of carbonyl (C=O) groups is 2. The lowest BCUT2D eigenvalue weighted by Crippen LogP contribution is -2.39. The summed E-state index contributed by atoms with van der Waals surface area (Å²) in [6, 6.07) is 15.2. The van der Waals surface area contributed by atoms with Crippen LogP contribution in [0.4, 0.5) is 0 Å². The number of hydrogen-bond acceptors (Lipinski definition) is 3. The molecule has 0 bridgehead atoms. The average molecular weight is 340 g/mol. The van der Waals surface area contributed by atoms with Crippen LogP contribution in [-0.2, 0) is 22.7 Å². The second-order valence-corrected chi connectivity index (χ2v) is 6.16. The van der Waals surface area contributed by atoms with Gasteiger partial charge in [0.25, 0.3) is 0 Å². The van der Waals surface area contributed by atoms with E-state index in [1.165, 1.54) is 0 Å². The lowest BCUT2D eigenvalue weighted by atomic mass is 10.1. The first kappa shape index (κ1) is 18.5. The van der Waals surface area contributed by atoms with Crippen LogP contribution in [0.2, 0.25) is 0 Å². The molecule has 0 saturated carbocycles. The van der Waals surface area contributed by atoms with Crippen molar-refractivity contribution in [3.8, 4) is 5.75 Å². The standard InChI is InChI=1S/C20H24N2O3/c1-14(2)25-18-9-7-16(8-10-18)12-21-19(23)20(24)22-13-17-6-4-5-15(3)11-17/h4-11,14H,12-13H2,1-3H3,(H,21,23)(H,22,24). The lowest BCUT2D eigenvalue weighted by Gasteiger charge is -2.10. The van der Waals surface area contributed by atoms with E-state index in [1.54, 1.807) is 0 Å². The Morgan fingerprint density at radius 3 is 2.08 bits per heavy atom. The highest BCUT2D eigenvalue weighted by molar-refractivity contribution is 6.35. The molecule has 0 aliphatic rings. The molecule has 132 valence electrons. The summed E-state index contributed by atoms with van der Waals surface area (Å²) in [5, 5.41) is 5.24. The smallest absolute Gasteiger partial charge is 0.309 e. The number of hydrogen-bond donors (Lipinski definition) is 2. The van der Waals surface area contributed by atoms with Crippen LogP contribution in [0.25, 0.3) is 0 Å². The highest BCUT2D eigenvalue weighted by Gasteiger charge is 2.12. The molecule has 2 amide bonds. The molecule has 0 aliphatic carbocycles. The molecule has 0 spiro atoms. The summed E-state index contributed by atoms with van der Waals surface area (Å²) in [4.78, 5) is 23.7. The van der Waals surface area contributed by atoms with Crippen LogP contribution in [0.15, 0.2) is 48.5 Å². The van der Waals surface area contributed by atoms with Gasteiger partial charge < -0.3 is 15.4 Å². The van der Waals surface area contributed by atoms with Gasteiger partial charge in [-0.1, -0.05) is 42.0 Å². The number of benzene rings is 2. The van der Waals surface area contributed by atoms with Crippen LogP contribution in [0.5, 0.6) is 5.75 Å². The summed E-state index contributed by atoms with van der Waals surface area (Å²) >= 11 is 0. The van der Waals surface area contributed by atoms with Crippen LogP contribution in [0.1, 0.15) is 30.5 Å². The molecule has 5 nitrogen and oxygen atoms in total. The van der Waals surface area contributed by atoms with Gasteiger partial charge in [-0.05, 0) is 44.0 Å². The summed E-state index contributed by atoms with van der Waals surface area (Å²) < 4.78 is 5.56. The third-order valence-electron chi connectivity index (χ3n) is 3.49. The molecular formula is C20H24N2O3. The van der Waals surface area contributed by atoms with E-state index in [0.29, 0.717) is 13.1 Å². The second kappa shape index (κ2) is 8.87. The van der Waals surface area contributed by atoms with Crippen LogP contribution >= 0.6 is 0 Å². The van der Waals surface area contributed by atoms with Crippen LogP contribution < -0.4 is 15.4 Å². The molecule has 0 saturated heterocycles. The van der Waals surface area contributed by atoms with Gasteiger partial charge in [0.05, 0.1) is 6.10 Å². The topological polar surface area (TPSA) is 67.4 Å². The summed E-state index contributed by atoms with van der Waals surface area (Å²) in [6.45, 7) is 6.52. The highest BCUT2D eigenvalue weighted by Crippen LogP contribution is 2.13. The molecule has 5 heteroatoms. The molecule has 2 rings (SSSR count). The molecular weight excluding hydrogens is 316 g/mol. The molecule has 2 aromatic rings. The van der Waals surface area contributed by atoms with E-state index in [2.05, 4.69) is 10.6 Å². The molecule has 0 aromatic heterocycles. The van der Waals surface area contributed by atoms with Crippen molar-refractivity contribution in [3.05, 3.63) is 65.2 Å². The maximum Gasteiger partial charge on any atom is 0.309 e. The van der Waals surface area contributed by atoms with Gasteiger partial charge in [0, 0.05) is 13.1 Å². The first-order chi connectivity index (χ1) is 11.9. The van der Waals surface area contributed by atoms with E-state index in [0.717, 1.165) is 22.4 Å². The van der Waals surface area contributed by atoms with Crippen LogP contribution in [-0.4, -0.2) is 17.9 Å². The Bertz CT molecular complexity index is 724. The normalized spacial score (nSPS) is 10.4. The molecule has 0 unspecified atom stereocenters. The largest absolute Gasteiger partial charge is 0.491 e. The maximum absolute atomic E-state index is 11.9. The van der Waals surface area contributed by atoms with Crippen molar-refractivity contribution in [1.82, 2.24) is 10.6 Å². The molecule has 0 atom stereocenters. The minimum atomic E-state index is -0.643. The van der Waals surface area contributed by atoms with Crippen molar-refractivity contribution >= 4 is 11.8 Å². The quantitative estimate of drug-likeness (QED) is 0.795. The van der Waals surface area contributed by atoms with E-state index >= 15 is 0 Å².